The molecule has 0 aliphatic heterocycles. The Hall–Kier alpha value is -2.95. The molecule has 4 aromatic rings. The van der Waals surface area contributed by atoms with Crippen molar-refractivity contribution in [2.24, 2.45) is 0 Å². The number of aryl methyl sites for hydroxylation is 3. The van der Waals surface area contributed by atoms with E-state index in [1.165, 1.54) is 4.68 Å². The first-order chi connectivity index (χ1) is 11.2. The minimum atomic E-state index is -0.0983. The van der Waals surface area contributed by atoms with Gasteiger partial charge in [-0.3, -0.25) is 4.98 Å². The topological polar surface area (TPSA) is 52.2 Å². The average molecular weight is 304 g/mol. The van der Waals surface area contributed by atoms with E-state index in [1.54, 1.807) is 4.40 Å². The van der Waals surface area contributed by atoms with Crippen molar-refractivity contribution in [1.82, 2.24) is 19.2 Å². The Morgan fingerprint density at radius 3 is 2.74 bits per heavy atom. The molecule has 3 heterocycles. The second-order valence-electron chi connectivity index (χ2n) is 5.61. The van der Waals surface area contributed by atoms with E-state index in [0.29, 0.717) is 18.6 Å². The van der Waals surface area contributed by atoms with E-state index >= 15 is 0 Å². The molecule has 0 radical (unpaired) electrons. The molecule has 0 bridgehead atoms. The molecule has 114 valence electrons. The van der Waals surface area contributed by atoms with Gasteiger partial charge in [-0.2, -0.15) is 0 Å². The van der Waals surface area contributed by atoms with Crippen LogP contribution < -0.4 is 5.69 Å². The van der Waals surface area contributed by atoms with Gasteiger partial charge in [-0.15, -0.1) is 5.10 Å². The van der Waals surface area contributed by atoms with Gasteiger partial charge in [-0.25, -0.2) is 13.9 Å². The first-order valence-corrected chi connectivity index (χ1v) is 7.62. The van der Waals surface area contributed by atoms with Crippen LogP contribution in [0.3, 0.4) is 0 Å². The number of nitrogens with zero attached hydrogens (tertiary/aromatic N) is 4. The summed E-state index contributed by atoms with van der Waals surface area (Å²) in [4.78, 5) is 17.1. The van der Waals surface area contributed by atoms with E-state index in [2.05, 4.69) is 16.1 Å². The number of hydrogen-bond donors (Lipinski definition) is 0. The van der Waals surface area contributed by atoms with Gasteiger partial charge in [-0.05, 0) is 31.2 Å². The molecule has 0 unspecified atom stereocenters. The number of benzene rings is 1. The Balaban J connectivity index is 1.64. The molecule has 0 saturated carbocycles. The molecule has 0 atom stereocenters. The lowest BCUT2D eigenvalue weighted by atomic mass is 10.2. The van der Waals surface area contributed by atoms with Crippen LogP contribution in [0.1, 0.15) is 11.4 Å². The van der Waals surface area contributed by atoms with Crippen molar-refractivity contribution in [3.05, 3.63) is 76.5 Å². The normalized spacial score (nSPS) is 11.3. The largest absolute Gasteiger partial charge is 0.350 e. The number of aromatic nitrogens is 4. The molecule has 5 nitrogen and oxygen atoms in total. The number of pyridine rings is 2. The molecule has 0 aliphatic rings. The third kappa shape index (κ3) is 2.40. The molecule has 0 N–H and O–H groups in total. The van der Waals surface area contributed by atoms with E-state index in [0.717, 1.165) is 22.3 Å². The first kappa shape index (κ1) is 13.7. The van der Waals surface area contributed by atoms with Crippen LogP contribution in [0, 0.1) is 6.92 Å². The molecule has 0 amide bonds. The van der Waals surface area contributed by atoms with Crippen molar-refractivity contribution < 1.29 is 0 Å². The van der Waals surface area contributed by atoms with E-state index in [-0.39, 0.29) is 5.69 Å². The number of para-hydroxylation sites is 1. The molecule has 23 heavy (non-hydrogen) atoms. The van der Waals surface area contributed by atoms with Crippen molar-refractivity contribution in [2.45, 2.75) is 19.9 Å². The lowest BCUT2D eigenvalue weighted by Gasteiger charge is -2.02. The standard InChI is InChI=1S/C18H16N4O/c1-13-5-4-8-17-20-21(18(23)22(13)17)12-11-15-10-9-14-6-2-3-7-16(14)19-15/h2-10H,11-12H2,1H3. The Morgan fingerprint density at radius 1 is 1.00 bits per heavy atom. The van der Waals surface area contributed by atoms with E-state index in [4.69, 9.17) is 0 Å². The van der Waals surface area contributed by atoms with E-state index in [9.17, 15) is 4.79 Å². The molecule has 0 saturated heterocycles. The van der Waals surface area contributed by atoms with Crippen molar-refractivity contribution in [3.8, 4) is 0 Å². The highest BCUT2D eigenvalue weighted by Gasteiger charge is 2.08. The summed E-state index contributed by atoms with van der Waals surface area (Å²) >= 11 is 0. The molecule has 3 aromatic heterocycles. The lowest BCUT2D eigenvalue weighted by molar-refractivity contribution is 0.587. The van der Waals surface area contributed by atoms with Gasteiger partial charge < -0.3 is 0 Å². The Bertz CT molecular complexity index is 1060. The summed E-state index contributed by atoms with van der Waals surface area (Å²) in [6.45, 7) is 2.43. The summed E-state index contributed by atoms with van der Waals surface area (Å²) in [6.07, 6.45) is 0.674. The van der Waals surface area contributed by atoms with Crippen LogP contribution in [-0.4, -0.2) is 19.2 Å². The molecule has 0 aliphatic carbocycles. The van der Waals surface area contributed by atoms with Gasteiger partial charge in [0.25, 0.3) is 0 Å². The second kappa shape index (κ2) is 5.35. The van der Waals surface area contributed by atoms with Crippen molar-refractivity contribution in [2.75, 3.05) is 0 Å². The Kier molecular flexibility index (Phi) is 3.19. The van der Waals surface area contributed by atoms with Gasteiger partial charge in [0.2, 0.25) is 0 Å². The van der Waals surface area contributed by atoms with Gasteiger partial charge >= 0.3 is 5.69 Å². The van der Waals surface area contributed by atoms with Crippen LogP contribution in [0.15, 0.2) is 59.4 Å². The zero-order valence-electron chi connectivity index (χ0n) is 12.8. The van der Waals surface area contributed by atoms with Gasteiger partial charge in [0, 0.05) is 23.2 Å². The van der Waals surface area contributed by atoms with Crippen molar-refractivity contribution in [3.63, 3.8) is 0 Å². The quantitative estimate of drug-likeness (QED) is 0.584. The highest BCUT2D eigenvalue weighted by atomic mass is 16.2. The molecular weight excluding hydrogens is 288 g/mol. The first-order valence-electron chi connectivity index (χ1n) is 7.62. The third-order valence-corrected chi connectivity index (χ3v) is 4.04. The molecule has 1 aromatic carbocycles. The van der Waals surface area contributed by atoms with Crippen LogP contribution in [0.2, 0.25) is 0 Å². The summed E-state index contributed by atoms with van der Waals surface area (Å²) in [6, 6.07) is 17.8. The summed E-state index contributed by atoms with van der Waals surface area (Å²) in [7, 11) is 0. The van der Waals surface area contributed by atoms with E-state index < -0.39 is 0 Å². The van der Waals surface area contributed by atoms with Gasteiger partial charge in [0.05, 0.1) is 12.1 Å². The number of hydrogen-bond acceptors (Lipinski definition) is 3. The SMILES string of the molecule is Cc1cccc2nn(CCc3ccc4ccccc4n3)c(=O)n12. The van der Waals surface area contributed by atoms with Crippen LogP contribution in [0.25, 0.3) is 16.6 Å². The van der Waals surface area contributed by atoms with Crippen LogP contribution in [0.5, 0.6) is 0 Å². The maximum atomic E-state index is 12.4. The number of fused-ring (bicyclic) bond motifs is 2. The predicted octanol–water partition coefficient (Wildman–Crippen LogP) is 2.60. The monoisotopic (exact) mass is 304 g/mol. The molecule has 4 rings (SSSR count). The Morgan fingerprint density at radius 2 is 1.87 bits per heavy atom. The summed E-state index contributed by atoms with van der Waals surface area (Å²) in [5.41, 5.74) is 3.41. The summed E-state index contributed by atoms with van der Waals surface area (Å²) in [5.74, 6) is 0. The fraction of sp³-hybridized carbons (Fsp3) is 0.167. The minimum Gasteiger partial charge on any atom is -0.253 e. The maximum absolute atomic E-state index is 12.4. The average Bonchev–Trinajstić information content (AvgIpc) is 2.90. The second-order valence-corrected chi connectivity index (χ2v) is 5.61. The zero-order chi connectivity index (χ0) is 15.8. The summed E-state index contributed by atoms with van der Waals surface area (Å²) in [5, 5.41) is 5.51. The maximum Gasteiger partial charge on any atom is 0.350 e. The fourth-order valence-corrected chi connectivity index (χ4v) is 2.83. The highest BCUT2D eigenvalue weighted by Crippen LogP contribution is 2.12. The Labute approximate surface area is 132 Å². The smallest absolute Gasteiger partial charge is 0.253 e. The van der Waals surface area contributed by atoms with Gasteiger partial charge in [-0.1, -0.05) is 30.3 Å². The van der Waals surface area contributed by atoms with Crippen LogP contribution in [-0.2, 0) is 13.0 Å². The van der Waals surface area contributed by atoms with Crippen molar-refractivity contribution >= 4 is 16.6 Å². The highest BCUT2D eigenvalue weighted by molar-refractivity contribution is 5.78. The minimum absolute atomic E-state index is 0.0983. The summed E-state index contributed by atoms with van der Waals surface area (Å²) < 4.78 is 3.15. The van der Waals surface area contributed by atoms with Gasteiger partial charge in [0.15, 0.2) is 5.65 Å². The fourth-order valence-electron chi connectivity index (χ4n) is 2.83. The molecule has 0 spiro atoms. The van der Waals surface area contributed by atoms with Crippen molar-refractivity contribution in [1.29, 1.82) is 0 Å². The van der Waals surface area contributed by atoms with Crippen LogP contribution in [0.4, 0.5) is 0 Å². The zero-order valence-corrected chi connectivity index (χ0v) is 12.8. The lowest BCUT2D eigenvalue weighted by Crippen LogP contribution is -2.23. The molecule has 0 fully saturated rings. The number of rotatable bonds is 3. The van der Waals surface area contributed by atoms with E-state index in [1.807, 2.05) is 55.5 Å². The predicted molar refractivity (Wildman–Crippen MR) is 89.6 cm³/mol. The van der Waals surface area contributed by atoms with Crippen LogP contribution >= 0.6 is 0 Å². The molecule has 5 heteroatoms. The third-order valence-electron chi connectivity index (χ3n) is 4.04. The van der Waals surface area contributed by atoms with Gasteiger partial charge in [0.1, 0.15) is 0 Å². The molecular formula is C18H16N4O.